The largest absolute Gasteiger partial charge is 0.506 e. The van der Waals surface area contributed by atoms with Crippen LogP contribution in [0.25, 0.3) is 55.3 Å². The molecule has 0 aliphatic heterocycles. The number of phenols is 1. The van der Waals surface area contributed by atoms with E-state index in [0.717, 1.165) is 67.5 Å². The van der Waals surface area contributed by atoms with Crippen LogP contribution < -0.4 is 9.62 Å². The molecule has 2 aromatic heterocycles. The first-order chi connectivity index (χ1) is 33.9. The molecular weight excluding hydrogens is 908 g/mol. The first-order valence-electron chi connectivity index (χ1n) is 22.7. The van der Waals surface area contributed by atoms with Gasteiger partial charge in [0.05, 0.1) is 17.6 Å². The van der Waals surface area contributed by atoms with Crippen molar-refractivity contribution in [1.82, 2.24) is 0 Å². The molecule has 0 radical (unpaired) electrons. The SMILES string of the molecule is CCC(C)C(c1ccc(-c2ccc(NC(=O)CC(=O)OC(=O)CN(c3ccc(-c4ccc(-c5c(Cc6ccccc6)oc6ccccc56)cc4)cc3F)S(=O)O)c(O)c2)cc1)c1coc2ccccc12. The molecule has 7 aromatic carbocycles. The van der Waals surface area contributed by atoms with Gasteiger partial charge in [0.25, 0.3) is 11.3 Å². The molecule has 9 aromatic rings. The van der Waals surface area contributed by atoms with Crippen molar-refractivity contribution in [2.24, 2.45) is 5.92 Å². The zero-order valence-corrected chi connectivity index (χ0v) is 39.0. The third-order valence-corrected chi connectivity index (χ3v) is 13.2. The number of carbonyl (C=O) groups excluding carboxylic acids is 3. The number of phenolic OH excluding ortho intramolecular Hbond substituents is 1. The number of ether oxygens (including phenoxy) is 1. The Balaban J connectivity index is 0.807. The highest BCUT2D eigenvalue weighted by Gasteiger charge is 2.26. The molecule has 3 unspecified atom stereocenters. The third kappa shape index (κ3) is 10.2. The molecule has 352 valence electrons. The smallest absolute Gasteiger partial charge is 0.334 e. The fourth-order valence-electron chi connectivity index (χ4n) is 8.89. The molecule has 0 saturated carbocycles. The van der Waals surface area contributed by atoms with Crippen molar-refractivity contribution in [2.75, 3.05) is 16.2 Å². The number of anilines is 2. The van der Waals surface area contributed by atoms with Crippen LogP contribution in [0.5, 0.6) is 5.75 Å². The van der Waals surface area contributed by atoms with E-state index in [-0.39, 0.29) is 17.4 Å². The average molecular weight is 955 g/mol. The average Bonchev–Trinajstić information content (AvgIpc) is 3.95. The number of hydrogen-bond acceptors (Lipinski definition) is 8. The van der Waals surface area contributed by atoms with E-state index >= 15 is 4.39 Å². The molecule has 3 N–H and O–H groups in total. The number of carbonyl (C=O) groups is 3. The monoisotopic (exact) mass is 954 g/mol. The zero-order valence-electron chi connectivity index (χ0n) is 38.1. The van der Waals surface area contributed by atoms with Gasteiger partial charge in [0, 0.05) is 34.2 Å². The second-order valence-corrected chi connectivity index (χ2v) is 17.9. The molecular formula is C57H47FN2O9S. The summed E-state index contributed by atoms with van der Waals surface area (Å²) in [5, 5.41) is 15.3. The van der Waals surface area contributed by atoms with E-state index in [2.05, 4.69) is 37.4 Å². The molecule has 9 rings (SSSR count). The highest BCUT2D eigenvalue weighted by atomic mass is 32.2. The highest BCUT2D eigenvalue weighted by Crippen LogP contribution is 2.41. The lowest BCUT2D eigenvalue weighted by atomic mass is 9.80. The fraction of sp³-hybridized carbons (Fsp3) is 0.140. The number of nitrogens with one attached hydrogen (secondary N) is 1. The summed E-state index contributed by atoms with van der Waals surface area (Å²) >= 11 is -2.91. The normalized spacial score (nSPS) is 12.6. The number of para-hydroxylation sites is 2. The molecule has 0 aliphatic carbocycles. The number of rotatable bonds is 16. The van der Waals surface area contributed by atoms with Gasteiger partial charge in [0.1, 0.15) is 41.5 Å². The number of hydrogen-bond donors (Lipinski definition) is 3. The van der Waals surface area contributed by atoms with Crippen LogP contribution in [0.2, 0.25) is 0 Å². The Morgan fingerprint density at radius 1 is 0.729 bits per heavy atom. The molecule has 2 heterocycles. The van der Waals surface area contributed by atoms with E-state index in [9.17, 15) is 28.3 Å². The Hall–Kier alpha value is -8.13. The Morgan fingerprint density at radius 2 is 1.34 bits per heavy atom. The van der Waals surface area contributed by atoms with Crippen molar-refractivity contribution in [2.45, 2.75) is 39.0 Å². The summed E-state index contributed by atoms with van der Waals surface area (Å²) in [6.45, 7) is 3.38. The summed E-state index contributed by atoms with van der Waals surface area (Å²) in [5.74, 6) is -3.40. The van der Waals surface area contributed by atoms with Crippen molar-refractivity contribution in [3.8, 4) is 39.1 Å². The van der Waals surface area contributed by atoms with Gasteiger partial charge in [-0.3, -0.25) is 18.4 Å². The van der Waals surface area contributed by atoms with Gasteiger partial charge in [-0.25, -0.2) is 13.4 Å². The quantitative estimate of drug-likeness (QED) is 0.0371. The van der Waals surface area contributed by atoms with Crippen LogP contribution in [-0.4, -0.2) is 38.3 Å². The Bertz CT molecular complexity index is 3390. The van der Waals surface area contributed by atoms with Crippen molar-refractivity contribution in [3.63, 3.8) is 0 Å². The number of nitrogens with zero attached hydrogens (tertiary/aromatic N) is 1. The van der Waals surface area contributed by atoms with Gasteiger partial charge in [-0.05, 0) is 81.3 Å². The van der Waals surface area contributed by atoms with Gasteiger partial charge < -0.3 is 24.0 Å². The molecule has 0 fully saturated rings. The van der Waals surface area contributed by atoms with Crippen LogP contribution >= 0.6 is 0 Å². The van der Waals surface area contributed by atoms with Crippen molar-refractivity contribution in [3.05, 3.63) is 198 Å². The van der Waals surface area contributed by atoms with E-state index in [0.29, 0.717) is 33.3 Å². The predicted molar refractivity (Wildman–Crippen MR) is 270 cm³/mol. The minimum Gasteiger partial charge on any atom is -0.506 e. The minimum absolute atomic E-state index is 0.0180. The van der Waals surface area contributed by atoms with Crippen LogP contribution in [0, 0.1) is 11.7 Å². The van der Waals surface area contributed by atoms with Crippen molar-refractivity contribution in [1.29, 1.82) is 0 Å². The second kappa shape index (κ2) is 20.6. The maximum Gasteiger partial charge on any atom is 0.334 e. The van der Waals surface area contributed by atoms with E-state index in [4.69, 9.17) is 13.6 Å². The lowest BCUT2D eigenvalue weighted by Crippen LogP contribution is -2.34. The highest BCUT2D eigenvalue weighted by molar-refractivity contribution is 7.80. The summed E-state index contributed by atoms with van der Waals surface area (Å²) in [7, 11) is 0. The summed E-state index contributed by atoms with van der Waals surface area (Å²) < 4.78 is 55.6. The molecule has 0 saturated heterocycles. The standard InChI is InChI=1S/C57H47FN2O9S/c1-3-35(2)56(45-34-67-50-15-9-7-13-43(45)50)39-21-17-38(18-22-39)42-25-27-47(49(61)31-42)59-53(62)32-54(63)69-55(64)33-60(70(65)66)48-28-26-41(30-46(48)58)37-19-23-40(24-20-37)57-44-14-8-10-16-51(44)68-52(57)29-36-11-5-4-6-12-36/h4-28,30-31,34-35,56,61H,3,29,32-33H2,1-2H3,(H,59,62)(H,65,66). The van der Waals surface area contributed by atoms with Crippen LogP contribution in [-0.2, 0) is 36.8 Å². The van der Waals surface area contributed by atoms with Crippen LogP contribution in [0.1, 0.15) is 55.1 Å². The van der Waals surface area contributed by atoms with E-state index in [1.807, 2.05) is 115 Å². The lowest BCUT2D eigenvalue weighted by molar-refractivity contribution is -0.158. The molecule has 70 heavy (non-hydrogen) atoms. The zero-order chi connectivity index (χ0) is 48.9. The van der Waals surface area contributed by atoms with Gasteiger partial charge in [0.2, 0.25) is 5.91 Å². The minimum atomic E-state index is -2.91. The topological polar surface area (TPSA) is 160 Å². The second-order valence-electron chi connectivity index (χ2n) is 17.0. The summed E-state index contributed by atoms with van der Waals surface area (Å²) in [6.07, 6.45) is 2.46. The number of furan rings is 2. The number of esters is 2. The third-order valence-electron chi connectivity index (χ3n) is 12.5. The maximum absolute atomic E-state index is 15.7. The van der Waals surface area contributed by atoms with E-state index < -0.39 is 53.6 Å². The first kappa shape index (κ1) is 47.0. The fourth-order valence-corrected chi connectivity index (χ4v) is 9.42. The molecule has 0 spiro atoms. The number of benzene rings is 7. The van der Waals surface area contributed by atoms with Gasteiger partial charge in [-0.1, -0.05) is 148 Å². The van der Waals surface area contributed by atoms with Gasteiger partial charge >= 0.3 is 11.9 Å². The molecule has 11 nitrogen and oxygen atoms in total. The van der Waals surface area contributed by atoms with Crippen LogP contribution in [0.3, 0.4) is 0 Å². The lowest BCUT2D eigenvalue weighted by Gasteiger charge is -2.23. The maximum atomic E-state index is 15.7. The predicted octanol–water partition coefficient (Wildman–Crippen LogP) is 12.8. The van der Waals surface area contributed by atoms with Gasteiger partial charge in [-0.2, -0.15) is 0 Å². The summed E-state index contributed by atoms with van der Waals surface area (Å²) in [5.41, 5.74) is 9.05. The molecule has 0 aliphatic rings. The summed E-state index contributed by atoms with van der Waals surface area (Å²) in [4.78, 5) is 38.3. The Morgan fingerprint density at radius 3 is 2.03 bits per heavy atom. The van der Waals surface area contributed by atoms with Crippen molar-refractivity contribution >= 4 is 62.4 Å². The number of fused-ring (bicyclic) bond motifs is 2. The summed E-state index contributed by atoms with van der Waals surface area (Å²) in [6, 6.07) is 50.0. The molecule has 0 bridgehead atoms. The first-order valence-corrected chi connectivity index (χ1v) is 23.8. The van der Waals surface area contributed by atoms with Crippen molar-refractivity contribution < 1.29 is 46.2 Å². The number of amides is 1. The molecule has 1 amide bonds. The number of halogens is 1. The van der Waals surface area contributed by atoms with Crippen LogP contribution in [0.4, 0.5) is 15.8 Å². The molecule has 3 atom stereocenters. The number of aromatic hydroxyl groups is 1. The van der Waals surface area contributed by atoms with Crippen LogP contribution in [0.15, 0.2) is 179 Å². The Labute approximate surface area is 405 Å². The Kier molecular flexibility index (Phi) is 13.8. The van der Waals surface area contributed by atoms with E-state index in [1.165, 1.54) is 30.3 Å². The van der Waals surface area contributed by atoms with E-state index in [1.54, 1.807) is 6.07 Å². The van der Waals surface area contributed by atoms with Gasteiger partial charge in [-0.15, -0.1) is 0 Å². The molecule has 13 heteroatoms. The van der Waals surface area contributed by atoms with Gasteiger partial charge in [0.15, 0.2) is 0 Å².